The van der Waals surface area contributed by atoms with Gasteiger partial charge >= 0.3 is 5.97 Å². The van der Waals surface area contributed by atoms with E-state index in [2.05, 4.69) is 5.32 Å². The van der Waals surface area contributed by atoms with Crippen molar-refractivity contribution >= 4 is 27.6 Å². The van der Waals surface area contributed by atoms with Gasteiger partial charge in [-0.3, -0.25) is 4.79 Å². The van der Waals surface area contributed by atoms with Gasteiger partial charge in [-0.05, 0) is 68.4 Å². The molecular weight excluding hydrogens is 489 g/mol. The molecule has 9 nitrogen and oxygen atoms in total. The van der Waals surface area contributed by atoms with Crippen molar-refractivity contribution in [2.45, 2.75) is 18.7 Å². The quantitative estimate of drug-likeness (QED) is 0.485. The number of nitrogens with zero attached hydrogens (tertiary/aromatic N) is 2. The van der Waals surface area contributed by atoms with Crippen LogP contribution in [0.2, 0.25) is 0 Å². The average molecular weight is 516 g/mol. The van der Waals surface area contributed by atoms with Crippen LogP contribution in [0.1, 0.15) is 21.7 Å². The number of anilines is 1. The van der Waals surface area contributed by atoms with E-state index in [1.807, 2.05) is 6.92 Å². The highest BCUT2D eigenvalue weighted by Crippen LogP contribution is 2.22. The van der Waals surface area contributed by atoms with Gasteiger partial charge < -0.3 is 19.4 Å². The second-order valence-electron chi connectivity index (χ2n) is 8.26. The summed E-state index contributed by atoms with van der Waals surface area (Å²) in [6, 6.07) is 13.3. The van der Waals surface area contributed by atoms with Crippen LogP contribution in [-0.2, 0) is 24.3 Å². The molecule has 2 aromatic carbocycles. The number of hydrogen-bond acceptors (Lipinski definition) is 6. The summed E-state index contributed by atoms with van der Waals surface area (Å²) in [7, 11) is -3.64. The third kappa shape index (κ3) is 5.48. The van der Waals surface area contributed by atoms with Gasteiger partial charge in [-0.2, -0.15) is 4.31 Å². The fourth-order valence-electron chi connectivity index (χ4n) is 4.01. The summed E-state index contributed by atoms with van der Waals surface area (Å²) in [5.74, 6) is -1.60. The Labute approximate surface area is 208 Å². The van der Waals surface area contributed by atoms with Crippen molar-refractivity contribution < 1.29 is 31.9 Å². The number of sulfonamides is 1. The van der Waals surface area contributed by atoms with Crippen LogP contribution < -0.4 is 5.32 Å². The van der Waals surface area contributed by atoms with Gasteiger partial charge in [0, 0.05) is 35.9 Å². The highest BCUT2D eigenvalue weighted by molar-refractivity contribution is 7.89. The molecule has 1 N–H and O–H groups in total. The first-order chi connectivity index (χ1) is 17.2. The predicted molar refractivity (Wildman–Crippen MR) is 130 cm³/mol. The second-order valence-corrected chi connectivity index (χ2v) is 10.2. The van der Waals surface area contributed by atoms with Crippen LogP contribution in [0.3, 0.4) is 0 Å². The summed E-state index contributed by atoms with van der Waals surface area (Å²) >= 11 is 0. The molecule has 1 amide bonds. The predicted octanol–water partition coefficient (Wildman–Crippen LogP) is 3.05. The number of carbonyl (C=O) groups excluding carboxylic acids is 2. The number of morpholine rings is 1. The number of esters is 1. The van der Waals surface area contributed by atoms with Crippen LogP contribution in [0, 0.1) is 19.7 Å². The molecule has 11 heteroatoms. The first-order valence-corrected chi connectivity index (χ1v) is 12.7. The number of halogens is 1. The van der Waals surface area contributed by atoms with E-state index in [-0.39, 0.29) is 10.7 Å². The summed E-state index contributed by atoms with van der Waals surface area (Å²) in [5.41, 5.74) is 2.71. The number of aryl methyl sites for hydroxylation is 1. The van der Waals surface area contributed by atoms with E-state index in [4.69, 9.17) is 9.47 Å². The Balaban J connectivity index is 1.36. The molecule has 190 valence electrons. The standard InChI is InChI=1S/C25H26FN3O6S/c1-17-15-23(18(2)29(17)21-7-3-19(26)4-8-21)25(31)35-16-24(30)27-20-5-9-22(10-6-20)36(32,33)28-11-13-34-14-12-28/h3-10,15H,11-14,16H2,1-2H3,(H,27,30). The minimum atomic E-state index is -3.64. The van der Waals surface area contributed by atoms with E-state index in [0.29, 0.717) is 48.9 Å². The Kier molecular flexibility index (Phi) is 7.53. The normalized spacial score (nSPS) is 14.4. The average Bonchev–Trinajstić information content (AvgIpc) is 3.17. The van der Waals surface area contributed by atoms with Crippen molar-refractivity contribution in [2.75, 3.05) is 38.2 Å². The van der Waals surface area contributed by atoms with Crippen molar-refractivity contribution in [3.8, 4) is 5.69 Å². The molecule has 1 fully saturated rings. The van der Waals surface area contributed by atoms with Crippen molar-refractivity contribution in [1.29, 1.82) is 0 Å². The molecule has 0 atom stereocenters. The van der Waals surface area contributed by atoms with E-state index in [0.717, 1.165) is 5.69 Å². The van der Waals surface area contributed by atoms with E-state index in [9.17, 15) is 22.4 Å². The van der Waals surface area contributed by atoms with Crippen molar-refractivity contribution in [3.63, 3.8) is 0 Å². The second kappa shape index (κ2) is 10.6. The number of aromatic nitrogens is 1. The number of rotatable bonds is 7. The molecule has 1 aliphatic rings. The Morgan fingerprint density at radius 1 is 1.03 bits per heavy atom. The fraction of sp³-hybridized carbons (Fsp3) is 0.280. The third-order valence-electron chi connectivity index (χ3n) is 5.82. The van der Waals surface area contributed by atoms with Gasteiger partial charge in [0.15, 0.2) is 6.61 Å². The highest BCUT2D eigenvalue weighted by Gasteiger charge is 2.26. The Bertz CT molecular complexity index is 1360. The van der Waals surface area contributed by atoms with E-state index >= 15 is 0 Å². The third-order valence-corrected chi connectivity index (χ3v) is 7.73. The first-order valence-electron chi connectivity index (χ1n) is 11.3. The van der Waals surface area contributed by atoms with Gasteiger partial charge in [0.05, 0.1) is 23.7 Å². The summed E-state index contributed by atoms with van der Waals surface area (Å²) < 4.78 is 52.2. The molecule has 0 aliphatic carbocycles. The molecule has 0 saturated carbocycles. The zero-order valence-electron chi connectivity index (χ0n) is 19.9. The lowest BCUT2D eigenvalue weighted by atomic mass is 10.2. The van der Waals surface area contributed by atoms with Gasteiger partial charge in [-0.25, -0.2) is 17.6 Å². The van der Waals surface area contributed by atoms with E-state index < -0.39 is 28.5 Å². The maximum atomic E-state index is 13.3. The van der Waals surface area contributed by atoms with Gasteiger partial charge in [0.25, 0.3) is 5.91 Å². The fourth-order valence-corrected chi connectivity index (χ4v) is 5.42. The van der Waals surface area contributed by atoms with Gasteiger partial charge in [0.1, 0.15) is 5.82 Å². The lowest BCUT2D eigenvalue weighted by Gasteiger charge is -2.26. The number of hydrogen-bond donors (Lipinski definition) is 1. The summed E-state index contributed by atoms with van der Waals surface area (Å²) in [4.78, 5) is 25.1. The molecular formula is C25H26FN3O6S. The van der Waals surface area contributed by atoms with Crippen LogP contribution in [-0.4, -0.2) is 62.1 Å². The van der Waals surface area contributed by atoms with Crippen LogP contribution in [0.4, 0.5) is 10.1 Å². The first kappa shape index (κ1) is 25.5. The molecule has 1 aromatic heterocycles. The Morgan fingerprint density at radius 2 is 1.67 bits per heavy atom. The Morgan fingerprint density at radius 3 is 2.31 bits per heavy atom. The van der Waals surface area contributed by atoms with E-state index in [1.165, 1.54) is 40.7 Å². The number of benzene rings is 2. The van der Waals surface area contributed by atoms with Gasteiger partial charge in [-0.1, -0.05) is 0 Å². The zero-order valence-corrected chi connectivity index (χ0v) is 20.7. The number of ether oxygens (including phenoxy) is 2. The van der Waals surface area contributed by atoms with Crippen molar-refractivity contribution in [1.82, 2.24) is 8.87 Å². The number of nitrogens with one attached hydrogen (secondary N) is 1. The number of carbonyl (C=O) groups is 2. The SMILES string of the molecule is Cc1cc(C(=O)OCC(=O)Nc2ccc(S(=O)(=O)N3CCOCC3)cc2)c(C)n1-c1ccc(F)cc1. The molecule has 0 radical (unpaired) electrons. The zero-order chi connectivity index (χ0) is 25.9. The maximum Gasteiger partial charge on any atom is 0.340 e. The van der Waals surface area contributed by atoms with Gasteiger partial charge in [0.2, 0.25) is 10.0 Å². The smallest absolute Gasteiger partial charge is 0.340 e. The van der Waals surface area contributed by atoms with Gasteiger partial charge in [-0.15, -0.1) is 0 Å². The molecule has 4 rings (SSSR count). The Hall–Kier alpha value is -3.54. The maximum absolute atomic E-state index is 13.3. The number of amides is 1. The molecule has 36 heavy (non-hydrogen) atoms. The molecule has 2 heterocycles. The summed E-state index contributed by atoms with van der Waals surface area (Å²) in [6.07, 6.45) is 0. The lowest BCUT2D eigenvalue weighted by molar-refractivity contribution is -0.119. The van der Waals surface area contributed by atoms with Crippen LogP contribution in [0.25, 0.3) is 5.69 Å². The van der Waals surface area contributed by atoms with Crippen LogP contribution in [0.5, 0.6) is 0 Å². The summed E-state index contributed by atoms with van der Waals surface area (Å²) in [6.45, 7) is 4.30. The lowest BCUT2D eigenvalue weighted by Crippen LogP contribution is -2.40. The molecule has 1 aliphatic heterocycles. The highest BCUT2D eigenvalue weighted by atomic mass is 32.2. The van der Waals surface area contributed by atoms with Crippen LogP contribution >= 0.6 is 0 Å². The van der Waals surface area contributed by atoms with E-state index in [1.54, 1.807) is 29.7 Å². The van der Waals surface area contributed by atoms with Crippen LogP contribution in [0.15, 0.2) is 59.5 Å². The topological polar surface area (TPSA) is 107 Å². The molecule has 0 spiro atoms. The largest absolute Gasteiger partial charge is 0.452 e. The minimum absolute atomic E-state index is 0.116. The molecule has 3 aromatic rings. The molecule has 0 unspecified atom stereocenters. The molecule has 1 saturated heterocycles. The molecule has 0 bridgehead atoms. The van der Waals surface area contributed by atoms with Crippen molar-refractivity contribution in [3.05, 3.63) is 77.4 Å². The van der Waals surface area contributed by atoms with Crippen molar-refractivity contribution in [2.24, 2.45) is 0 Å². The monoisotopic (exact) mass is 515 g/mol. The minimum Gasteiger partial charge on any atom is -0.452 e. The summed E-state index contributed by atoms with van der Waals surface area (Å²) in [5, 5.41) is 2.58.